The molecule has 0 heterocycles. The summed E-state index contributed by atoms with van der Waals surface area (Å²) in [5, 5.41) is 3.54. The van der Waals surface area contributed by atoms with Crippen LogP contribution in [0.25, 0.3) is 0 Å². The fourth-order valence-electron chi connectivity index (χ4n) is 3.44. The van der Waals surface area contributed by atoms with Crippen molar-refractivity contribution < 1.29 is 9.47 Å². The van der Waals surface area contributed by atoms with Gasteiger partial charge >= 0.3 is 0 Å². The Balaban J connectivity index is 2.60. The van der Waals surface area contributed by atoms with Crippen molar-refractivity contribution in [2.75, 3.05) is 46.6 Å². The van der Waals surface area contributed by atoms with Gasteiger partial charge in [-0.1, -0.05) is 13.8 Å². The van der Waals surface area contributed by atoms with Crippen LogP contribution in [0.15, 0.2) is 0 Å². The molecule has 0 aromatic rings. The lowest BCUT2D eigenvalue weighted by Crippen LogP contribution is -2.52. The van der Waals surface area contributed by atoms with Gasteiger partial charge < -0.3 is 14.8 Å². The van der Waals surface area contributed by atoms with E-state index in [-0.39, 0.29) is 0 Å². The van der Waals surface area contributed by atoms with E-state index in [4.69, 9.17) is 9.47 Å². The quantitative estimate of drug-likeness (QED) is 0.624. The van der Waals surface area contributed by atoms with Crippen molar-refractivity contribution in [1.29, 1.82) is 0 Å². The zero-order valence-corrected chi connectivity index (χ0v) is 14.1. The summed E-state index contributed by atoms with van der Waals surface area (Å²) in [4.78, 5) is 2.56. The first-order chi connectivity index (χ1) is 9.56. The molecule has 1 fully saturated rings. The molecule has 0 aliphatic heterocycles. The maximum atomic E-state index is 5.55. The Bertz CT molecular complexity index is 249. The maximum Gasteiger partial charge on any atom is 0.0593 e. The van der Waals surface area contributed by atoms with Gasteiger partial charge in [0, 0.05) is 38.4 Å². The second-order valence-corrected chi connectivity index (χ2v) is 6.29. The molecule has 20 heavy (non-hydrogen) atoms. The third kappa shape index (κ3) is 4.99. The van der Waals surface area contributed by atoms with E-state index >= 15 is 0 Å². The highest BCUT2D eigenvalue weighted by atomic mass is 16.5. The van der Waals surface area contributed by atoms with Gasteiger partial charge in [0.1, 0.15) is 0 Å². The Labute approximate surface area is 125 Å². The number of hydrogen-bond donors (Lipinski definition) is 1. The van der Waals surface area contributed by atoms with E-state index in [2.05, 4.69) is 45.0 Å². The molecule has 0 aromatic carbocycles. The van der Waals surface area contributed by atoms with Crippen molar-refractivity contribution in [3.63, 3.8) is 0 Å². The summed E-state index contributed by atoms with van der Waals surface area (Å²) in [6.45, 7) is 14.1. The number of nitrogens with zero attached hydrogens (tertiary/aromatic N) is 1. The number of hydrogen-bond acceptors (Lipinski definition) is 4. The summed E-state index contributed by atoms with van der Waals surface area (Å²) in [6.07, 6.45) is 2.54. The molecule has 2 unspecified atom stereocenters. The van der Waals surface area contributed by atoms with Crippen LogP contribution in [0, 0.1) is 5.41 Å². The second-order valence-electron chi connectivity index (χ2n) is 6.29. The average molecular weight is 286 g/mol. The molecule has 1 rings (SSSR count). The normalized spacial score (nSPS) is 25.5. The van der Waals surface area contributed by atoms with Crippen LogP contribution < -0.4 is 5.32 Å². The second kappa shape index (κ2) is 8.98. The third-order valence-corrected chi connectivity index (χ3v) is 4.55. The first-order valence-corrected chi connectivity index (χ1v) is 8.13. The average Bonchev–Trinajstić information content (AvgIpc) is 2.72. The van der Waals surface area contributed by atoms with E-state index in [0.29, 0.717) is 17.5 Å². The molecule has 2 atom stereocenters. The molecular formula is C16H34N2O2. The Hall–Kier alpha value is -0.160. The Kier molecular flexibility index (Phi) is 8.03. The van der Waals surface area contributed by atoms with Crippen molar-refractivity contribution in [2.45, 2.75) is 52.6 Å². The van der Waals surface area contributed by atoms with Crippen LogP contribution in [0.3, 0.4) is 0 Å². The first-order valence-electron chi connectivity index (χ1n) is 8.13. The van der Waals surface area contributed by atoms with Gasteiger partial charge in [-0.25, -0.2) is 0 Å². The minimum Gasteiger partial charge on any atom is -0.380 e. The third-order valence-electron chi connectivity index (χ3n) is 4.55. The molecule has 1 aliphatic carbocycles. The highest BCUT2D eigenvalue weighted by molar-refractivity contribution is 5.00. The zero-order valence-electron chi connectivity index (χ0n) is 14.1. The van der Waals surface area contributed by atoms with Gasteiger partial charge in [-0.05, 0) is 39.2 Å². The molecule has 120 valence electrons. The monoisotopic (exact) mass is 286 g/mol. The standard InChI is InChI=1S/C16H34N2O2/c1-6-19-12-10-18(11-13-20-7-2)14-8-9-16(3,4)15(14)17-5/h14-15,17H,6-13H2,1-5H3. The van der Waals surface area contributed by atoms with Crippen molar-refractivity contribution in [2.24, 2.45) is 5.41 Å². The van der Waals surface area contributed by atoms with Crippen LogP contribution in [0.2, 0.25) is 0 Å². The molecule has 0 saturated heterocycles. The number of likely N-dealkylation sites (N-methyl/N-ethyl adjacent to an activating group) is 1. The van der Waals surface area contributed by atoms with Gasteiger partial charge in [0.25, 0.3) is 0 Å². The lowest BCUT2D eigenvalue weighted by atomic mass is 9.86. The molecule has 0 amide bonds. The number of nitrogens with one attached hydrogen (secondary N) is 1. The Morgan fingerprint density at radius 2 is 1.65 bits per heavy atom. The molecular weight excluding hydrogens is 252 g/mol. The minimum absolute atomic E-state index is 0.370. The van der Waals surface area contributed by atoms with Gasteiger partial charge in [0.05, 0.1) is 13.2 Å². The summed E-state index contributed by atoms with van der Waals surface area (Å²) in [7, 11) is 2.09. The van der Waals surface area contributed by atoms with Crippen LogP contribution in [0.5, 0.6) is 0 Å². The molecule has 1 aliphatic rings. The smallest absolute Gasteiger partial charge is 0.0593 e. The van der Waals surface area contributed by atoms with Crippen LogP contribution in [-0.2, 0) is 9.47 Å². The molecule has 4 heteroatoms. The SMILES string of the molecule is CCOCCN(CCOCC)C1CCC(C)(C)C1NC. The van der Waals surface area contributed by atoms with E-state index in [9.17, 15) is 0 Å². The molecule has 1 saturated carbocycles. The first kappa shape index (κ1) is 17.9. The summed E-state index contributed by atoms with van der Waals surface area (Å²) in [5.74, 6) is 0. The fourth-order valence-corrected chi connectivity index (χ4v) is 3.44. The fraction of sp³-hybridized carbons (Fsp3) is 1.00. The molecule has 1 N–H and O–H groups in total. The lowest BCUT2D eigenvalue weighted by molar-refractivity contribution is 0.0528. The summed E-state index contributed by atoms with van der Waals surface area (Å²) >= 11 is 0. The molecule has 0 radical (unpaired) electrons. The van der Waals surface area contributed by atoms with E-state index in [1.165, 1.54) is 12.8 Å². The van der Waals surface area contributed by atoms with Gasteiger partial charge in [-0.3, -0.25) is 4.90 Å². The molecule has 0 aromatic heterocycles. The Morgan fingerprint density at radius 1 is 1.10 bits per heavy atom. The van der Waals surface area contributed by atoms with Gasteiger partial charge in [0.2, 0.25) is 0 Å². The van der Waals surface area contributed by atoms with Crippen molar-refractivity contribution in [1.82, 2.24) is 10.2 Å². The van der Waals surface area contributed by atoms with Crippen LogP contribution >= 0.6 is 0 Å². The van der Waals surface area contributed by atoms with Crippen molar-refractivity contribution in [3.05, 3.63) is 0 Å². The Morgan fingerprint density at radius 3 is 2.10 bits per heavy atom. The van der Waals surface area contributed by atoms with Gasteiger partial charge in [0.15, 0.2) is 0 Å². The predicted octanol–water partition coefficient (Wildman–Crippen LogP) is 2.14. The van der Waals surface area contributed by atoms with Crippen LogP contribution in [0.1, 0.15) is 40.5 Å². The van der Waals surface area contributed by atoms with Crippen molar-refractivity contribution in [3.8, 4) is 0 Å². The van der Waals surface area contributed by atoms with E-state index in [0.717, 1.165) is 39.5 Å². The lowest BCUT2D eigenvalue weighted by Gasteiger charge is -2.37. The van der Waals surface area contributed by atoms with E-state index in [1.807, 2.05) is 0 Å². The summed E-state index contributed by atoms with van der Waals surface area (Å²) < 4.78 is 11.1. The van der Waals surface area contributed by atoms with Crippen molar-refractivity contribution >= 4 is 0 Å². The minimum atomic E-state index is 0.370. The summed E-state index contributed by atoms with van der Waals surface area (Å²) in [5.41, 5.74) is 0.370. The van der Waals surface area contributed by atoms with E-state index in [1.54, 1.807) is 0 Å². The van der Waals surface area contributed by atoms with Gasteiger partial charge in [-0.2, -0.15) is 0 Å². The highest BCUT2D eigenvalue weighted by Crippen LogP contribution is 2.39. The number of rotatable bonds is 10. The largest absolute Gasteiger partial charge is 0.380 e. The molecule has 0 spiro atoms. The zero-order chi connectivity index (χ0) is 15.0. The predicted molar refractivity (Wildman–Crippen MR) is 84.2 cm³/mol. The van der Waals surface area contributed by atoms with Gasteiger partial charge in [-0.15, -0.1) is 0 Å². The number of ether oxygens (including phenoxy) is 2. The highest BCUT2D eigenvalue weighted by Gasteiger charge is 2.43. The maximum absolute atomic E-state index is 5.55. The molecule has 0 bridgehead atoms. The van der Waals surface area contributed by atoms with Crippen LogP contribution in [-0.4, -0.2) is 63.5 Å². The molecule has 4 nitrogen and oxygen atoms in total. The van der Waals surface area contributed by atoms with E-state index < -0.39 is 0 Å². The topological polar surface area (TPSA) is 33.7 Å². The summed E-state index contributed by atoms with van der Waals surface area (Å²) in [6, 6.07) is 1.14. The van der Waals surface area contributed by atoms with Crippen LogP contribution in [0.4, 0.5) is 0 Å².